The van der Waals surface area contributed by atoms with Gasteiger partial charge in [-0.1, -0.05) is 6.07 Å². The van der Waals surface area contributed by atoms with Crippen molar-refractivity contribution >= 4 is 0 Å². The van der Waals surface area contributed by atoms with Crippen molar-refractivity contribution in [2.24, 2.45) is 0 Å². The Balaban J connectivity index is 2.69. The molecule has 1 aromatic rings. The van der Waals surface area contributed by atoms with Crippen LogP contribution in [0.1, 0.15) is 6.42 Å². The number of benzene rings is 1. The Bertz CT molecular complexity index is 393. The second-order valence-corrected chi connectivity index (χ2v) is 3.60. The van der Waals surface area contributed by atoms with E-state index in [2.05, 4.69) is 11.4 Å². The smallest absolute Gasteiger partial charge is 0.203 e. The molecule has 1 unspecified atom stereocenters. The maximum atomic E-state index is 8.81. The van der Waals surface area contributed by atoms with Gasteiger partial charge in [-0.3, -0.25) is 0 Å². The Labute approximate surface area is 107 Å². The van der Waals surface area contributed by atoms with Crippen molar-refractivity contribution in [3.8, 4) is 23.3 Å². The summed E-state index contributed by atoms with van der Waals surface area (Å²) >= 11 is 0. The summed E-state index contributed by atoms with van der Waals surface area (Å²) in [6.07, 6.45) is 0.591. The van der Waals surface area contributed by atoms with E-state index in [1.165, 1.54) is 0 Å². The molecule has 0 aromatic heterocycles. The Hall–Kier alpha value is -1.93. The largest absolute Gasteiger partial charge is 0.493 e. The number of hydrogen-bond acceptors (Lipinski definition) is 5. The van der Waals surface area contributed by atoms with E-state index in [0.29, 0.717) is 30.3 Å². The lowest BCUT2D eigenvalue weighted by molar-refractivity contribution is 0.264. The van der Waals surface area contributed by atoms with E-state index in [-0.39, 0.29) is 6.04 Å². The number of para-hydroxylation sites is 1. The zero-order chi connectivity index (χ0) is 13.4. The molecule has 0 aliphatic carbocycles. The number of nitrogens with zero attached hydrogens (tertiary/aromatic N) is 1. The van der Waals surface area contributed by atoms with Gasteiger partial charge >= 0.3 is 0 Å². The van der Waals surface area contributed by atoms with Crippen molar-refractivity contribution in [1.82, 2.24) is 5.32 Å². The average molecular weight is 250 g/mol. The van der Waals surface area contributed by atoms with Crippen molar-refractivity contribution in [1.29, 1.82) is 5.26 Å². The van der Waals surface area contributed by atoms with Gasteiger partial charge in [-0.2, -0.15) is 5.26 Å². The summed E-state index contributed by atoms with van der Waals surface area (Å²) in [7, 11) is 4.90. The maximum Gasteiger partial charge on any atom is 0.203 e. The van der Waals surface area contributed by atoms with Gasteiger partial charge in [0.1, 0.15) is 0 Å². The zero-order valence-corrected chi connectivity index (χ0v) is 10.9. The summed E-state index contributed by atoms with van der Waals surface area (Å²) in [5.41, 5.74) is 0. The third kappa shape index (κ3) is 3.54. The van der Waals surface area contributed by atoms with Crippen molar-refractivity contribution in [2.75, 3.05) is 27.9 Å². The minimum absolute atomic E-state index is 0.217. The molecule has 1 aromatic carbocycles. The minimum Gasteiger partial charge on any atom is -0.493 e. The standard InChI is InChI=1S/C13H18N2O3/c1-15-10(9-14)7-8-18-13-11(16-2)5-4-6-12(13)17-3/h4-6,10,15H,7-8H2,1-3H3. The van der Waals surface area contributed by atoms with Crippen molar-refractivity contribution < 1.29 is 14.2 Å². The summed E-state index contributed by atoms with van der Waals surface area (Å²) in [5, 5.41) is 11.7. The van der Waals surface area contributed by atoms with E-state index in [4.69, 9.17) is 19.5 Å². The molecule has 0 aliphatic rings. The Morgan fingerprint density at radius 3 is 2.33 bits per heavy atom. The highest BCUT2D eigenvalue weighted by Crippen LogP contribution is 2.36. The fraction of sp³-hybridized carbons (Fsp3) is 0.462. The summed E-state index contributed by atoms with van der Waals surface area (Å²) in [6.45, 7) is 0.413. The Kier molecular flexibility index (Phi) is 5.81. The number of nitriles is 1. The van der Waals surface area contributed by atoms with E-state index in [9.17, 15) is 0 Å². The van der Waals surface area contributed by atoms with Crippen LogP contribution in [0.5, 0.6) is 17.2 Å². The predicted octanol–water partition coefficient (Wildman–Crippen LogP) is 1.58. The molecule has 0 aliphatic heterocycles. The molecule has 0 saturated heterocycles. The first-order chi connectivity index (χ1) is 8.76. The topological polar surface area (TPSA) is 63.5 Å². The first kappa shape index (κ1) is 14.1. The fourth-order valence-electron chi connectivity index (χ4n) is 1.51. The number of ether oxygens (including phenoxy) is 3. The molecule has 0 bridgehead atoms. The van der Waals surface area contributed by atoms with E-state index in [1.54, 1.807) is 33.4 Å². The third-order valence-electron chi connectivity index (χ3n) is 2.54. The molecule has 0 fully saturated rings. The summed E-state index contributed by atoms with van der Waals surface area (Å²) in [6, 6.07) is 7.36. The molecule has 0 heterocycles. The molecular weight excluding hydrogens is 232 g/mol. The van der Waals surface area contributed by atoms with Crippen LogP contribution < -0.4 is 19.5 Å². The highest BCUT2D eigenvalue weighted by Gasteiger charge is 2.12. The molecule has 98 valence electrons. The normalized spacial score (nSPS) is 11.4. The quantitative estimate of drug-likeness (QED) is 0.796. The van der Waals surface area contributed by atoms with E-state index in [1.807, 2.05) is 6.07 Å². The van der Waals surface area contributed by atoms with Crippen LogP contribution in [-0.4, -0.2) is 33.9 Å². The van der Waals surface area contributed by atoms with Crippen LogP contribution in [0.4, 0.5) is 0 Å². The third-order valence-corrected chi connectivity index (χ3v) is 2.54. The lowest BCUT2D eigenvalue weighted by Gasteiger charge is -2.15. The highest BCUT2D eigenvalue weighted by atomic mass is 16.5. The molecule has 0 spiro atoms. The number of methoxy groups -OCH3 is 2. The zero-order valence-electron chi connectivity index (χ0n) is 10.9. The van der Waals surface area contributed by atoms with Crippen LogP contribution in [0.25, 0.3) is 0 Å². The first-order valence-corrected chi connectivity index (χ1v) is 5.67. The molecule has 18 heavy (non-hydrogen) atoms. The molecule has 0 amide bonds. The molecule has 1 N–H and O–H groups in total. The SMILES string of the molecule is CNC(C#N)CCOc1c(OC)cccc1OC. The second-order valence-electron chi connectivity index (χ2n) is 3.60. The van der Waals surface area contributed by atoms with E-state index >= 15 is 0 Å². The van der Waals surface area contributed by atoms with Gasteiger partial charge < -0.3 is 19.5 Å². The molecule has 5 heteroatoms. The van der Waals surface area contributed by atoms with Crippen LogP contribution >= 0.6 is 0 Å². The number of nitrogens with one attached hydrogen (secondary N) is 1. The molecule has 5 nitrogen and oxygen atoms in total. The molecule has 1 rings (SSSR count). The van der Waals surface area contributed by atoms with Gasteiger partial charge in [0.25, 0.3) is 0 Å². The van der Waals surface area contributed by atoms with Gasteiger partial charge in [0.15, 0.2) is 11.5 Å². The molecular formula is C13H18N2O3. The lowest BCUT2D eigenvalue weighted by Crippen LogP contribution is -2.25. The monoisotopic (exact) mass is 250 g/mol. The molecule has 0 radical (unpaired) electrons. The van der Waals surface area contributed by atoms with E-state index in [0.717, 1.165) is 0 Å². The summed E-state index contributed by atoms with van der Waals surface area (Å²) < 4.78 is 16.1. The number of rotatable bonds is 7. The summed E-state index contributed by atoms with van der Waals surface area (Å²) in [4.78, 5) is 0. The van der Waals surface area contributed by atoms with Gasteiger partial charge in [-0.25, -0.2) is 0 Å². The van der Waals surface area contributed by atoms with Gasteiger partial charge in [-0.15, -0.1) is 0 Å². The summed E-state index contributed by atoms with van der Waals surface area (Å²) in [5.74, 6) is 1.80. The van der Waals surface area contributed by atoms with Crippen molar-refractivity contribution in [3.05, 3.63) is 18.2 Å². The lowest BCUT2D eigenvalue weighted by atomic mass is 10.2. The fourth-order valence-corrected chi connectivity index (χ4v) is 1.51. The van der Waals surface area contributed by atoms with Crippen LogP contribution in [0.3, 0.4) is 0 Å². The van der Waals surface area contributed by atoms with Gasteiger partial charge in [0.05, 0.1) is 32.9 Å². The molecule has 0 saturated carbocycles. The van der Waals surface area contributed by atoms with Crippen LogP contribution in [0.2, 0.25) is 0 Å². The van der Waals surface area contributed by atoms with Crippen LogP contribution in [-0.2, 0) is 0 Å². The van der Waals surface area contributed by atoms with Crippen LogP contribution in [0, 0.1) is 11.3 Å². The number of hydrogen-bond donors (Lipinski definition) is 1. The minimum atomic E-state index is -0.217. The first-order valence-electron chi connectivity index (χ1n) is 5.67. The van der Waals surface area contributed by atoms with Crippen molar-refractivity contribution in [3.63, 3.8) is 0 Å². The van der Waals surface area contributed by atoms with Gasteiger partial charge in [-0.05, 0) is 19.2 Å². The van der Waals surface area contributed by atoms with Crippen molar-refractivity contribution in [2.45, 2.75) is 12.5 Å². The van der Waals surface area contributed by atoms with E-state index < -0.39 is 0 Å². The van der Waals surface area contributed by atoms with Gasteiger partial charge in [0.2, 0.25) is 5.75 Å². The maximum absolute atomic E-state index is 8.81. The highest BCUT2D eigenvalue weighted by molar-refractivity contribution is 5.51. The van der Waals surface area contributed by atoms with Gasteiger partial charge in [0, 0.05) is 6.42 Å². The average Bonchev–Trinajstić information content (AvgIpc) is 2.43. The molecule has 1 atom stereocenters. The van der Waals surface area contributed by atoms with Crippen LogP contribution in [0.15, 0.2) is 18.2 Å². The Morgan fingerprint density at radius 1 is 1.28 bits per heavy atom. The second kappa shape index (κ2) is 7.41. The Morgan fingerprint density at radius 2 is 1.89 bits per heavy atom. The predicted molar refractivity (Wildman–Crippen MR) is 68.1 cm³/mol.